The third-order valence-corrected chi connectivity index (χ3v) is 4.03. The Morgan fingerprint density at radius 2 is 1.62 bits per heavy atom. The molecule has 1 atom stereocenters. The molecule has 2 aromatic carbocycles. The minimum absolute atomic E-state index is 0.123. The van der Waals surface area contributed by atoms with Crippen LogP contribution >= 0.6 is 11.6 Å². The van der Waals surface area contributed by atoms with Crippen molar-refractivity contribution >= 4 is 11.6 Å². The molecule has 2 aromatic rings. The summed E-state index contributed by atoms with van der Waals surface area (Å²) in [6.45, 7) is 7.26. The highest BCUT2D eigenvalue weighted by Crippen LogP contribution is 2.24. The molecule has 112 valence electrons. The number of phenols is 1. The normalized spacial score (nSPS) is 12.6. The van der Waals surface area contributed by atoms with Gasteiger partial charge in [-0.15, -0.1) is 0 Å². The van der Waals surface area contributed by atoms with Crippen molar-refractivity contribution in [3.05, 3.63) is 64.2 Å². The molecule has 0 spiro atoms. The molecule has 3 heteroatoms. The minimum atomic E-state index is 0.123. The van der Waals surface area contributed by atoms with Gasteiger partial charge < -0.3 is 10.4 Å². The number of benzene rings is 2. The first-order valence-electron chi connectivity index (χ1n) is 7.28. The summed E-state index contributed by atoms with van der Waals surface area (Å²) < 4.78 is 0. The summed E-state index contributed by atoms with van der Waals surface area (Å²) in [6.07, 6.45) is 0. The van der Waals surface area contributed by atoms with E-state index in [0.717, 1.165) is 5.56 Å². The van der Waals surface area contributed by atoms with Gasteiger partial charge in [0.25, 0.3) is 0 Å². The van der Waals surface area contributed by atoms with Gasteiger partial charge in [-0.05, 0) is 41.7 Å². The van der Waals surface area contributed by atoms with Gasteiger partial charge >= 0.3 is 0 Å². The van der Waals surface area contributed by atoms with E-state index in [0.29, 0.717) is 17.5 Å². The highest BCUT2D eigenvalue weighted by molar-refractivity contribution is 6.32. The second kappa shape index (κ2) is 6.97. The van der Waals surface area contributed by atoms with Gasteiger partial charge in [-0.1, -0.05) is 55.8 Å². The molecule has 0 aliphatic heterocycles. The van der Waals surface area contributed by atoms with Crippen LogP contribution in [0.1, 0.15) is 49.4 Å². The second-order valence-electron chi connectivity index (χ2n) is 5.71. The Labute approximate surface area is 131 Å². The molecule has 0 fully saturated rings. The monoisotopic (exact) mass is 303 g/mol. The van der Waals surface area contributed by atoms with Crippen molar-refractivity contribution in [2.45, 2.75) is 39.3 Å². The molecule has 0 saturated heterocycles. The first-order chi connectivity index (χ1) is 9.97. The van der Waals surface area contributed by atoms with Gasteiger partial charge in [0.05, 0.1) is 5.02 Å². The van der Waals surface area contributed by atoms with E-state index in [2.05, 4.69) is 50.4 Å². The molecule has 21 heavy (non-hydrogen) atoms. The number of nitrogens with one attached hydrogen (secondary N) is 1. The SMILES string of the molecule is CC(C)c1ccc(C(C)NCc2ccc(O)c(Cl)c2)cc1. The molecule has 0 aromatic heterocycles. The Morgan fingerprint density at radius 3 is 2.19 bits per heavy atom. The smallest absolute Gasteiger partial charge is 0.134 e. The summed E-state index contributed by atoms with van der Waals surface area (Å²) in [5.74, 6) is 0.680. The van der Waals surface area contributed by atoms with Crippen LogP contribution in [0, 0.1) is 0 Å². The van der Waals surface area contributed by atoms with Gasteiger partial charge in [-0.2, -0.15) is 0 Å². The zero-order chi connectivity index (χ0) is 15.4. The summed E-state index contributed by atoms with van der Waals surface area (Å²) in [7, 11) is 0. The summed E-state index contributed by atoms with van der Waals surface area (Å²) in [5, 5.41) is 13.3. The quantitative estimate of drug-likeness (QED) is 0.813. The number of rotatable bonds is 5. The van der Waals surface area contributed by atoms with Crippen LogP contribution in [-0.2, 0) is 6.54 Å². The van der Waals surface area contributed by atoms with Gasteiger partial charge in [0.2, 0.25) is 0 Å². The standard InChI is InChI=1S/C18H22ClNO/c1-12(2)15-5-7-16(8-6-15)13(3)20-11-14-4-9-18(21)17(19)10-14/h4-10,12-13,20-21H,11H2,1-3H3. The number of hydrogen-bond donors (Lipinski definition) is 2. The van der Waals surface area contributed by atoms with Crippen LogP contribution in [0.3, 0.4) is 0 Å². The van der Waals surface area contributed by atoms with Crippen LogP contribution in [0.4, 0.5) is 0 Å². The van der Waals surface area contributed by atoms with E-state index in [1.807, 2.05) is 6.07 Å². The number of hydrogen-bond acceptors (Lipinski definition) is 2. The lowest BCUT2D eigenvalue weighted by Gasteiger charge is -2.16. The maximum atomic E-state index is 9.42. The van der Waals surface area contributed by atoms with Gasteiger partial charge in [0.1, 0.15) is 5.75 Å². The molecule has 0 bridgehead atoms. The fraction of sp³-hybridized carbons (Fsp3) is 0.333. The van der Waals surface area contributed by atoms with Crippen molar-refractivity contribution in [3.8, 4) is 5.75 Å². The highest BCUT2D eigenvalue weighted by atomic mass is 35.5. The van der Waals surface area contributed by atoms with Crippen molar-refractivity contribution in [2.24, 2.45) is 0 Å². The molecular formula is C18H22ClNO. The van der Waals surface area contributed by atoms with E-state index < -0.39 is 0 Å². The van der Waals surface area contributed by atoms with Crippen LogP contribution in [0.15, 0.2) is 42.5 Å². The fourth-order valence-electron chi connectivity index (χ4n) is 2.22. The third-order valence-electron chi connectivity index (χ3n) is 3.73. The molecule has 0 heterocycles. The lowest BCUT2D eigenvalue weighted by atomic mass is 9.99. The molecule has 0 saturated carbocycles. The summed E-state index contributed by atoms with van der Waals surface area (Å²) in [4.78, 5) is 0. The summed E-state index contributed by atoms with van der Waals surface area (Å²) in [5.41, 5.74) is 3.68. The maximum absolute atomic E-state index is 9.42. The second-order valence-corrected chi connectivity index (χ2v) is 6.12. The van der Waals surface area contributed by atoms with Crippen LogP contribution < -0.4 is 5.32 Å². The topological polar surface area (TPSA) is 32.3 Å². The van der Waals surface area contributed by atoms with Crippen molar-refractivity contribution < 1.29 is 5.11 Å². The van der Waals surface area contributed by atoms with Crippen molar-refractivity contribution in [1.29, 1.82) is 0 Å². The Balaban J connectivity index is 1.97. The molecular weight excluding hydrogens is 282 g/mol. The zero-order valence-electron chi connectivity index (χ0n) is 12.7. The molecule has 0 aliphatic rings. The van der Waals surface area contributed by atoms with E-state index in [9.17, 15) is 5.11 Å². The van der Waals surface area contributed by atoms with Crippen molar-refractivity contribution in [1.82, 2.24) is 5.32 Å². The average molecular weight is 304 g/mol. The molecule has 1 unspecified atom stereocenters. The van der Waals surface area contributed by atoms with Gasteiger partial charge in [-0.25, -0.2) is 0 Å². The number of halogens is 1. The number of aromatic hydroxyl groups is 1. The van der Waals surface area contributed by atoms with Crippen LogP contribution in [0.25, 0.3) is 0 Å². The minimum Gasteiger partial charge on any atom is -0.506 e. The number of phenolic OH excluding ortho intramolecular Hbond substituents is 1. The Morgan fingerprint density at radius 1 is 1.00 bits per heavy atom. The van der Waals surface area contributed by atoms with Crippen LogP contribution in [0.2, 0.25) is 5.02 Å². The molecule has 2 N–H and O–H groups in total. The lowest BCUT2D eigenvalue weighted by Crippen LogP contribution is -2.18. The van der Waals surface area contributed by atoms with E-state index >= 15 is 0 Å². The Bertz CT molecular complexity index is 593. The highest BCUT2D eigenvalue weighted by Gasteiger charge is 2.07. The Kier molecular flexibility index (Phi) is 5.27. The molecule has 0 amide bonds. The van der Waals surface area contributed by atoms with E-state index in [1.165, 1.54) is 11.1 Å². The van der Waals surface area contributed by atoms with E-state index in [4.69, 9.17) is 11.6 Å². The van der Waals surface area contributed by atoms with Gasteiger partial charge in [0.15, 0.2) is 0 Å². The summed E-state index contributed by atoms with van der Waals surface area (Å²) in [6, 6.07) is 14.3. The largest absolute Gasteiger partial charge is 0.506 e. The van der Waals surface area contributed by atoms with Crippen molar-refractivity contribution in [2.75, 3.05) is 0 Å². The predicted octanol–water partition coefficient (Wildman–Crippen LogP) is 5.02. The molecule has 2 nitrogen and oxygen atoms in total. The van der Waals surface area contributed by atoms with Crippen molar-refractivity contribution in [3.63, 3.8) is 0 Å². The molecule has 2 rings (SSSR count). The summed E-state index contributed by atoms with van der Waals surface area (Å²) >= 11 is 5.92. The zero-order valence-corrected chi connectivity index (χ0v) is 13.5. The molecule has 0 radical (unpaired) electrons. The Hall–Kier alpha value is -1.51. The fourth-order valence-corrected chi connectivity index (χ4v) is 2.42. The average Bonchev–Trinajstić information content (AvgIpc) is 2.48. The maximum Gasteiger partial charge on any atom is 0.134 e. The van der Waals surface area contributed by atoms with Crippen LogP contribution in [0.5, 0.6) is 5.75 Å². The van der Waals surface area contributed by atoms with E-state index in [-0.39, 0.29) is 11.8 Å². The van der Waals surface area contributed by atoms with Gasteiger partial charge in [0, 0.05) is 12.6 Å². The first-order valence-corrected chi connectivity index (χ1v) is 7.66. The lowest BCUT2D eigenvalue weighted by molar-refractivity contribution is 0.475. The third kappa shape index (κ3) is 4.23. The van der Waals surface area contributed by atoms with Crippen LogP contribution in [-0.4, -0.2) is 5.11 Å². The van der Waals surface area contributed by atoms with E-state index in [1.54, 1.807) is 12.1 Å². The van der Waals surface area contributed by atoms with Gasteiger partial charge in [-0.3, -0.25) is 0 Å². The first kappa shape index (κ1) is 15.9. The predicted molar refractivity (Wildman–Crippen MR) is 88.9 cm³/mol. The molecule has 0 aliphatic carbocycles.